The third-order valence-corrected chi connectivity index (χ3v) is 9.66. The van der Waals surface area contributed by atoms with E-state index in [0.717, 1.165) is 28.4 Å². The molecule has 0 fully saturated rings. The molecule has 1 aliphatic heterocycles. The van der Waals surface area contributed by atoms with E-state index in [9.17, 15) is 0 Å². The van der Waals surface area contributed by atoms with Crippen LogP contribution in [0.4, 0.5) is 11.4 Å². The Labute approximate surface area is 236 Å². The molecule has 0 amide bonds. The average molecular weight is 530 g/mol. The van der Waals surface area contributed by atoms with Crippen molar-refractivity contribution in [1.29, 1.82) is 0 Å². The number of thiophene rings is 1. The Morgan fingerprint density at radius 3 is 2.00 bits per heavy atom. The maximum Gasteiger partial charge on any atom is 0.132 e. The Morgan fingerprint density at radius 2 is 1.18 bits per heavy atom. The van der Waals surface area contributed by atoms with Crippen LogP contribution in [0.1, 0.15) is 22.3 Å². The van der Waals surface area contributed by atoms with E-state index in [1.165, 1.54) is 48.0 Å². The third-order valence-electron chi connectivity index (χ3n) is 8.53. The lowest BCUT2D eigenvalue weighted by molar-refractivity contribution is 0.436. The minimum absolute atomic E-state index is 0.462. The van der Waals surface area contributed by atoms with Crippen molar-refractivity contribution in [3.63, 3.8) is 0 Å². The largest absolute Gasteiger partial charge is 0.457 e. The van der Waals surface area contributed by atoms with E-state index in [2.05, 4.69) is 139 Å². The molecule has 2 aliphatic rings. The highest BCUT2D eigenvalue weighted by Crippen LogP contribution is 2.62. The number of anilines is 2. The standard InChI is InChI=1S/C37H23NOS/c1-4-13-27-24(10-1)25-11-2-5-14-28(25)37(27)29-15-6-7-17-32(29)39-33-21-20-23(22-30(33)37)38-31-16-9-19-35-36(31)26-12-3-8-18-34(26)40-35/h1-22,38H. The number of ether oxygens (including phenoxy) is 1. The highest BCUT2D eigenvalue weighted by Gasteiger charge is 2.50. The molecule has 0 radical (unpaired) electrons. The lowest BCUT2D eigenvalue weighted by Crippen LogP contribution is -2.32. The Morgan fingerprint density at radius 1 is 0.525 bits per heavy atom. The Balaban J connectivity index is 1.30. The zero-order valence-electron chi connectivity index (χ0n) is 21.5. The highest BCUT2D eigenvalue weighted by molar-refractivity contribution is 7.25. The van der Waals surface area contributed by atoms with E-state index in [1.54, 1.807) is 0 Å². The Kier molecular flexibility index (Phi) is 4.44. The SMILES string of the molecule is c1ccc2c(c1)Oc1ccc(Nc3cccc4sc5ccccc5c34)cc1C21c2ccccc2-c2ccccc21. The fourth-order valence-electron chi connectivity index (χ4n) is 6.97. The molecule has 2 heterocycles. The normalized spacial score (nSPS) is 13.9. The zero-order valence-corrected chi connectivity index (χ0v) is 22.3. The molecule has 1 spiro atoms. The summed E-state index contributed by atoms with van der Waals surface area (Å²) in [5.74, 6) is 1.81. The maximum absolute atomic E-state index is 6.59. The minimum atomic E-state index is -0.462. The molecule has 7 aromatic rings. The molecule has 188 valence electrons. The first kappa shape index (κ1) is 22.0. The third kappa shape index (κ3) is 2.82. The molecule has 2 nitrogen and oxygen atoms in total. The molecule has 40 heavy (non-hydrogen) atoms. The topological polar surface area (TPSA) is 21.3 Å². The maximum atomic E-state index is 6.59. The number of hydrogen-bond donors (Lipinski definition) is 1. The van der Waals surface area contributed by atoms with Gasteiger partial charge in [0.15, 0.2) is 0 Å². The summed E-state index contributed by atoms with van der Waals surface area (Å²) in [7, 11) is 0. The Hall–Kier alpha value is -4.86. The zero-order chi connectivity index (χ0) is 26.3. The first-order chi connectivity index (χ1) is 19.8. The van der Waals surface area contributed by atoms with Crippen molar-refractivity contribution < 1.29 is 4.74 Å². The predicted molar refractivity (Wildman–Crippen MR) is 166 cm³/mol. The second kappa shape index (κ2) is 8.08. The van der Waals surface area contributed by atoms with Gasteiger partial charge < -0.3 is 10.1 Å². The molecule has 0 unspecified atom stereocenters. The summed E-state index contributed by atoms with van der Waals surface area (Å²) in [5, 5.41) is 6.36. The molecule has 0 atom stereocenters. The molecule has 9 rings (SSSR count). The van der Waals surface area contributed by atoms with Gasteiger partial charge in [-0.05, 0) is 64.7 Å². The number of nitrogens with one attached hydrogen (secondary N) is 1. The van der Waals surface area contributed by atoms with Gasteiger partial charge in [0.2, 0.25) is 0 Å². The van der Waals surface area contributed by atoms with E-state index < -0.39 is 5.41 Å². The molecule has 6 aromatic carbocycles. The molecule has 0 saturated carbocycles. The van der Waals surface area contributed by atoms with Gasteiger partial charge in [0, 0.05) is 42.7 Å². The van der Waals surface area contributed by atoms with Crippen molar-refractivity contribution in [2.75, 3.05) is 5.32 Å². The van der Waals surface area contributed by atoms with Crippen LogP contribution in [-0.2, 0) is 5.41 Å². The lowest BCUT2D eigenvalue weighted by atomic mass is 9.66. The first-order valence-corrected chi connectivity index (χ1v) is 14.4. The summed E-state index contributed by atoms with van der Waals surface area (Å²) in [6, 6.07) is 48.0. The van der Waals surface area contributed by atoms with Crippen molar-refractivity contribution in [3.8, 4) is 22.6 Å². The summed E-state index contributed by atoms with van der Waals surface area (Å²) >= 11 is 1.84. The summed E-state index contributed by atoms with van der Waals surface area (Å²) in [5.41, 5.74) is 9.23. The van der Waals surface area contributed by atoms with Gasteiger partial charge in [0.05, 0.1) is 5.41 Å². The van der Waals surface area contributed by atoms with Crippen LogP contribution < -0.4 is 10.1 Å². The van der Waals surface area contributed by atoms with Gasteiger partial charge >= 0.3 is 0 Å². The van der Waals surface area contributed by atoms with Gasteiger partial charge in [0.1, 0.15) is 11.5 Å². The van der Waals surface area contributed by atoms with Crippen LogP contribution in [-0.4, -0.2) is 0 Å². The smallest absolute Gasteiger partial charge is 0.132 e. The monoisotopic (exact) mass is 529 g/mol. The second-order valence-electron chi connectivity index (χ2n) is 10.6. The van der Waals surface area contributed by atoms with E-state index in [0.29, 0.717) is 0 Å². The number of benzene rings is 6. The van der Waals surface area contributed by atoms with Crippen LogP contribution in [0.5, 0.6) is 11.5 Å². The van der Waals surface area contributed by atoms with E-state index in [1.807, 2.05) is 11.3 Å². The number of hydrogen-bond acceptors (Lipinski definition) is 3. The van der Waals surface area contributed by atoms with E-state index >= 15 is 0 Å². The van der Waals surface area contributed by atoms with Gasteiger partial charge in [-0.3, -0.25) is 0 Å². The quantitative estimate of drug-likeness (QED) is 0.240. The van der Waals surface area contributed by atoms with Crippen molar-refractivity contribution >= 4 is 42.9 Å². The van der Waals surface area contributed by atoms with E-state index in [4.69, 9.17) is 4.74 Å². The molecule has 1 aromatic heterocycles. The van der Waals surface area contributed by atoms with Crippen LogP contribution in [0.3, 0.4) is 0 Å². The van der Waals surface area contributed by atoms with Crippen molar-refractivity contribution in [2.45, 2.75) is 5.41 Å². The minimum Gasteiger partial charge on any atom is -0.457 e. The first-order valence-electron chi connectivity index (χ1n) is 13.6. The van der Waals surface area contributed by atoms with Gasteiger partial charge in [-0.15, -0.1) is 11.3 Å². The average Bonchev–Trinajstić information content (AvgIpc) is 3.53. The molecule has 0 bridgehead atoms. The lowest BCUT2D eigenvalue weighted by Gasteiger charge is -2.39. The number of rotatable bonds is 2. The van der Waals surface area contributed by atoms with Crippen molar-refractivity contribution in [3.05, 3.63) is 156 Å². The molecular weight excluding hydrogens is 506 g/mol. The van der Waals surface area contributed by atoms with Crippen LogP contribution in [0.15, 0.2) is 133 Å². The number of para-hydroxylation sites is 1. The molecular formula is C37H23NOS. The van der Waals surface area contributed by atoms with Crippen LogP contribution in [0.25, 0.3) is 31.3 Å². The summed E-state index contributed by atoms with van der Waals surface area (Å²) < 4.78 is 9.18. The molecule has 3 heteroatoms. The van der Waals surface area contributed by atoms with Gasteiger partial charge in [-0.2, -0.15) is 0 Å². The molecule has 0 saturated heterocycles. The molecule has 1 aliphatic carbocycles. The fraction of sp³-hybridized carbons (Fsp3) is 0.0270. The van der Waals surface area contributed by atoms with Crippen molar-refractivity contribution in [2.24, 2.45) is 0 Å². The van der Waals surface area contributed by atoms with E-state index in [-0.39, 0.29) is 0 Å². The van der Waals surface area contributed by atoms with Crippen molar-refractivity contribution in [1.82, 2.24) is 0 Å². The summed E-state index contributed by atoms with van der Waals surface area (Å²) in [6.07, 6.45) is 0. The second-order valence-corrected chi connectivity index (χ2v) is 11.6. The van der Waals surface area contributed by atoms with Crippen LogP contribution >= 0.6 is 11.3 Å². The van der Waals surface area contributed by atoms with Gasteiger partial charge in [-0.25, -0.2) is 0 Å². The highest BCUT2D eigenvalue weighted by atomic mass is 32.1. The molecule has 1 N–H and O–H groups in total. The fourth-order valence-corrected chi connectivity index (χ4v) is 8.10. The summed E-state index contributed by atoms with van der Waals surface area (Å²) in [4.78, 5) is 0. The summed E-state index contributed by atoms with van der Waals surface area (Å²) in [6.45, 7) is 0. The van der Waals surface area contributed by atoms with Crippen LogP contribution in [0.2, 0.25) is 0 Å². The Bertz CT molecular complexity index is 2090. The van der Waals surface area contributed by atoms with Crippen LogP contribution in [0, 0.1) is 0 Å². The van der Waals surface area contributed by atoms with Gasteiger partial charge in [0.25, 0.3) is 0 Å². The predicted octanol–water partition coefficient (Wildman–Crippen LogP) is 10.3. The number of fused-ring (bicyclic) bond motifs is 12. The van der Waals surface area contributed by atoms with Gasteiger partial charge in [-0.1, -0.05) is 91.0 Å².